The van der Waals surface area contributed by atoms with Gasteiger partial charge >= 0.3 is 12.9 Å². The van der Waals surface area contributed by atoms with Gasteiger partial charge in [-0.05, 0) is 56.1 Å². The van der Waals surface area contributed by atoms with Gasteiger partial charge in [-0.1, -0.05) is 23.2 Å². The molecule has 0 radical (unpaired) electrons. The summed E-state index contributed by atoms with van der Waals surface area (Å²) in [5.41, 5.74) is 1.09. The number of hydrogen-bond acceptors (Lipinski definition) is 6. The molecule has 2 heterocycles. The maximum absolute atomic E-state index is 13.2. The average molecular weight is 600 g/mol. The zero-order valence-electron chi connectivity index (χ0n) is 14.3. The summed E-state index contributed by atoms with van der Waals surface area (Å²) >= 11 is 19.1. The van der Waals surface area contributed by atoms with Crippen molar-refractivity contribution in [3.63, 3.8) is 0 Å². The fraction of sp³-hybridized carbons (Fsp3) is 0. The fourth-order valence-electron chi connectivity index (χ4n) is 2.77. The van der Waals surface area contributed by atoms with E-state index in [2.05, 4.69) is 46.5 Å². The minimum absolute atomic E-state index is 0.0615. The van der Waals surface area contributed by atoms with Gasteiger partial charge in [-0.25, -0.2) is 4.57 Å². The minimum Gasteiger partial charge on any atom is -0.395 e. The first kappa shape index (κ1) is 21.3. The summed E-state index contributed by atoms with van der Waals surface area (Å²) in [4.78, 5) is 16.8. The summed E-state index contributed by atoms with van der Waals surface area (Å²) in [6.07, 6.45) is 2.67. The Bertz CT molecular complexity index is 1270. The third kappa shape index (κ3) is 3.88. The molecule has 0 spiro atoms. The maximum Gasteiger partial charge on any atom is 0.617 e. The number of phosphoric acid groups is 1. The molecule has 0 bridgehead atoms. The van der Waals surface area contributed by atoms with Crippen LogP contribution in [-0.4, -0.2) is 15.1 Å². The number of halogens is 4. The summed E-state index contributed by atoms with van der Waals surface area (Å²) in [6.45, 7) is 0. The van der Waals surface area contributed by atoms with Crippen LogP contribution in [0.3, 0.4) is 0 Å². The van der Waals surface area contributed by atoms with E-state index in [1.54, 1.807) is 24.3 Å². The molecule has 2 aromatic carbocycles. The number of H-pyrrole nitrogens is 2. The van der Waals surface area contributed by atoms with Crippen molar-refractivity contribution in [2.75, 3.05) is 0 Å². The molecule has 14 heteroatoms. The van der Waals surface area contributed by atoms with Gasteiger partial charge in [0.15, 0.2) is 11.5 Å². The largest absolute Gasteiger partial charge is 0.617 e. The number of rotatable bonds is 6. The minimum atomic E-state index is -4.82. The first-order valence-corrected chi connectivity index (χ1v) is 11.7. The van der Waals surface area contributed by atoms with Crippen molar-refractivity contribution in [1.82, 2.24) is 9.97 Å². The monoisotopic (exact) mass is 597 g/mol. The lowest BCUT2D eigenvalue weighted by Gasteiger charge is -2.16. The molecule has 30 heavy (non-hydrogen) atoms. The molecular formula is C16H8Br2Cl2N3O6P. The summed E-state index contributed by atoms with van der Waals surface area (Å²) in [5, 5.41) is 10.9. The Balaban J connectivity index is 1.78. The first-order chi connectivity index (χ1) is 14.2. The molecule has 156 valence electrons. The smallest absolute Gasteiger partial charge is 0.395 e. The topological polar surface area (TPSA) is 119 Å². The number of aromatic amines is 2. The number of hydrogen-bond donors (Lipinski definition) is 2. The third-order valence-electron chi connectivity index (χ3n) is 3.99. The third-order valence-corrected chi connectivity index (χ3v) is 7.72. The number of aromatic nitrogens is 2. The number of nitrogens with zero attached hydrogens (tertiary/aromatic N) is 1. The van der Waals surface area contributed by atoms with Crippen LogP contribution in [0.5, 0.6) is 11.5 Å². The lowest BCUT2D eigenvalue weighted by Crippen LogP contribution is -2.09. The molecule has 0 saturated heterocycles. The Hall–Kier alpha value is -1.91. The van der Waals surface area contributed by atoms with Crippen LogP contribution in [0, 0.1) is 10.1 Å². The number of phosphoric ester groups is 1. The fourth-order valence-corrected chi connectivity index (χ4v) is 4.99. The molecule has 0 aliphatic rings. The molecule has 0 fully saturated rings. The van der Waals surface area contributed by atoms with Crippen LogP contribution in [0.25, 0.3) is 21.8 Å². The Morgan fingerprint density at radius 2 is 1.33 bits per heavy atom. The average Bonchev–Trinajstić information content (AvgIpc) is 3.25. The van der Waals surface area contributed by atoms with Crippen LogP contribution in [-0.2, 0) is 9.19 Å². The van der Waals surface area contributed by atoms with Crippen LogP contribution in [0.15, 0.2) is 45.6 Å². The van der Waals surface area contributed by atoms with Crippen molar-refractivity contribution in [1.29, 1.82) is 0 Å². The molecule has 4 aromatic rings. The van der Waals surface area contributed by atoms with Crippen molar-refractivity contribution in [2.24, 2.45) is 0 Å². The quantitative estimate of drug-likeness (QED) is 0.137. The Labute approximate surface area is 194 Å². The number of benzene rings is 2. The van der Waals surface area contributed by atoms with E-state index in [1.807, 2.05) is 0 Å². The molecule has 0 saturated carbocycles. The van der Waals surface area contributed by atoms with E-state index < -0.39 is 12.9 Å². The van der Waals surface area contributed by atoms with Gasteiger partial charge in [0.05, 0.1) is 31.9 Å². The summed E-state index contributed by atoms with van der Waals surface area (Å²) in [6, 6.07) is 6.77. The second-order valence-corrected chi connectivity index (χ2v) is 9.70. The first-order valence-electron chi connectivity index (χ1n) is 7.92. The van der Waals surface area contributed by atoms with Crippen molar-refractivity contribution in [2.45, 2.75) is 0 Å². The van der Waals surface area contributed by atoms with Crippen LogP contribution < -0.4 is 9.05 Å². The Morgan fingerprint density at radius 3 is 1.73 bits per heavy atom. The highest BCUT2D eigenvalue weighted by Gasteiger charge is 2.37. The van der Waals surface area contributed by atoms with Crippen LogP contribution in [0.4, 0.5) is 0 Å². The van der Waals surface area contributed by atoms with Gasteiger partial charge in [0.25, 0.3) is 0 Å². The molecule has 0 unspecified atom stereocenters. The molecule has 9 nitrogen and oxygen atoms in total. The van der Waals surface area contributed by atoms with Crippen molar-refractivity contribution >= 4 is 84.7 Å². The highest BCUT2D eigenvalue weighted by atomic mass is 79.9. The SMILES string of the molecule is O=[N+]([O-])OP(=O)(Oc1c[nH]c2ccc(Br)c(Cl)c12)Oc1c[nH]c2ccc(Br)c(Cl)c12. The zero-order chi connectivity index (χ0) is 21.6. The molecule has 4 rings (SSSR count). The summed E-state index contributed by atoms with van der Waals surface area (Å²) < 4.78 is 29.3. The van der Waals surface area contributed by atoms with E-state index in [9.17, 15) is 14.7 Å². The van der Waals surface area contributed by atoms with Gasteiger partial charge < -0.3 is 19.0 Å². The molecule has 2 N–H and O–H groups in total. The van der Waals surface area contributed by atoms with Crippen molar-refractivity contribution in [3.05, 3.63) is 65.8 Å². The van der Waals surface area contributed by atoms with E-state index in [4.69, 9.17) is 32.2 Å². The van der Waals surface area contributed by atoms with Gasteiger partial charge in [-0.2, -0.15) is 4.62 Å². The highest BCUT2D eigenvalue weighted by Crippen LogP contribution is 2.54. The van der Waals surface area contributed by atoms with Gasteiger partial charge in [0, 0.05) is 21.3 Å². The van der Waals surface area contributed by atoms with E-state index in [-0.39, 0.29) is 21.5 Å². The molecule has 0 atom stereocenters. The predicted molar refractivity (Wildman–Crippen MR) is 119 cm³/mol. The van der Waals surface area contributed by atoms with Crippen molar-refractivity contribution in [3.8, 4) is 11.5 Å². The Kier molecular flexibility index (Phi) is 5.67. The van der Waals surface area contributed by atoms with E-state index >= 15 is 0 Å². The molecule has 0 aliphatic heterocycles. The van der Waals surface area contributed by atoms with E-state index in [0.717, 1.165) is 0 Å². The van der Waals surface area contributed by atoms with Crippen LogP contribution in [0.1, 0.15) is 0 Å². The zero-order valence-corrected chi connectivity index (χ0v) is 19.9. The van der Waals surface area contributed by atoms with Gasteiger partial charge in [0.1, 0.15) is 0 Å². The lowest BCUT2D eigenvalue weighted by molar-refractivity contribution is -0.717. The normalized spacial score (nSPS) is 11.7. The second-order valence-electron chi connectivity index (χ2n) is 5.81. The second kappa shape index (κ2) is 7.97. The van der Waals surface area contributed by atoms with E-state index in [0.29, 0.717) is 30.8 Å². The summed E-state index contributed by atoms with van der Waals surface area (Å²) in [7, 11) is -4.82. The van der Waals surface area contributed by atoms with E-state index in [1.165, 1.54) is 12.4 Å². The molecule has 0 amide bonds. The highest BCUT2D eigenvalue weighted by molar-refractivity contribution is 9.10. The number of nitrogens with one attached hydrogen (secondary N) is 2. The van der Waals surface area contributed by atoms with Crippen LogP contribution in [0.2, 0.25) is 10.0 Å². The standard InChI is InChI=1S/C16H8Br2Cl2N3O6P/c17-7-1-3-9-13(15(7)19)11(5-21-9)27-30(26,29-23(24)25)28-12-6-22-10-4-2-8(18)16(20)14(10)12/h1-6,21-22H. The van der Waals surface area contributed by atoms with Gasteiger partial charge in [-0.15, -0.1) is 10.1 Å². The van der Waals surface area contributed by atoms with Gasteiger partial charge in [0.2, 0.25) is 0 Å². The molecule has 0 aliphatic carbocycles. The van der Waals surface area contributed by atoms with Crippen LogP contribution >= 0.6 is 62.9 Å². The summed E-state index contributed by atoms with van der Waals surface area (Å²) in [5.74, 6) is -0.123. The van der Waals surface area contributed by atoms with Crippen molar-refractivity contribution < 1.29 is 23.3 Å². The number of fused-ring (bicyclic) bond motifs is 2. The molecular weight excluding hydrogens is 592 g/mol. The van der Waals surface area contributed by atoms with Gasteiger partial charge in [-0.3, -0.25) is 0 Å². The lowest BCUT2D eigenvalue weighted by atomic mass is 10.2. The predicted octanol–water partition coefficient (Wildman–Crippen LogP) is 7.26. The Morgan fingerprint density at radius 1 is 0.900 bits per heavy atom. The maximum atomic E-state index is 13.2. The molecule has 2 aromatic heterocycles.